The molecule has 14 N–H and O–H groups in total. The number of rotatable bonds is 13. The van der Waals surface area contributed by atoms with E-state index in [2.05, 4.69) is 0 Å². The Balaban J connectivity index is 1.25. The number of hydrogen-bond acceptors (Lipinski definition) is 24. The van der Waals surface area contributed by atoms with E-state index in [0.717, 1.165) is 24.3 Å². The first-order valence-electron chi connectivity index (χ1n) is 20.0. The zero-order valence-electron chi connectivity index (χ0n) is 34.0. The maximum absolute atomic E-state index is 14.5. The number of aromatic hydroxyl groups is 4. The summed E-state index contributed by atoms with van der Waals surface area (Å²) in [4.78, 5) is 27.3. The fourth-order valence-corrected chi connectivity index (χ4v) is 7.29. The SMILES string of the molecule is O=C(/C=C/c1ccc(O)c(O)c1)OC[C@H]1O[C@H](Oc2c(-c3ccc(O)cc3)oc3cc(O[C@@H]4O[C@H](CO)[C@@H](O)[C@H](O)[C@H]4O)cc(O)c3c2=O)[C@H](O[C@@H]2O[C@H](CO)[C@@H](O)[C@H](O)[C@H]2O)[C@@H](O)[C@@H]1O. The molecule has 1 aromatic heterocycles. The van der Waals surface area contributed by atoms with Crippen LogP contribution in [0.2, 0.25) is 0 Å². The lowest BCUT2D eigenvalue weighted by Crippen LogP contribution is -2.65. The summed E-state index contributed by atoms with van der Waals surface area (Å²) in [6.07, 6.45) is -25.8. The topological polar surface area (TPSA) is 395 Å². The van der Waals surface area contributed by atoms with Gasteiger partial charge in [0.15, 0.2) is 29.7 Å². The summed E-state index contributed by atoms with van der Waals surface area (Å²) in [6, 6.07) is 10.6. The van der Waals surface area contributed by atoms with E-state index in [0.29, 0.717) is 0 Å². The van der Waals surface area contributed by atoms with Crippen molar-refractivity contribution < 1.29 is 114 Å². The molecular weight excluding hydrogens is 888 g/mol. The molecule has 0 radical (unpaired) electrons. The number of aliphatic hydroxyl groups is 10. The van der Waals surface area contributed by atoms with Gasteiger partial charge in [0.25, 0.3) is 0 Å². The van der Waals surface area contributed by atoms with Crippen LogP contribution >= 0.6 is 0 Å². The van der Waals surface area contributed by atoms with E-state index in [1.807, 2.05) is 0 Å². The maximum atomic E-state index is 14.5. The Morgan fingerprint density at radius 1 is 0.621 bits per heavy atom. The van der Waals surface area contributed by atoms with E-state index in [1.165, 1.54) is 42.5 Å². The minimum absolute atomic E-state index is 0.0172. The van der Waals surface area contributed by atoms with E-state index in [9.17, 15) is 81.1 Å². The van der Waals surface area contributed by atoms with Crippen LogP contribution in [0.1, 0.15) is 5.56 Å². The van der Waals surface area contributed by atoms with Crippen LogP contribution in [0.5, 0.6) is 34.5 Å². The molecule has 0 unspecified atom stereocenters. The number of aliphatic hydroxyl groups excluding tert-OH is 10. The normalized spacial score (nSPS) is 32.6. The molecule has 66 heavy (non-hydrogen) atoms. The van der Waals surface area contributed by atoms with Gasteiger partial charge in [-0.3, -0.25) is 4.79 Å². The first-order valence-corrected chi connectivity index (χ1v) is 20.0. The molecule has 3 aliphatic heterocycles. The van der Waals surface area contributed by atoms with Gasteiger partial charge in [-0.05, 0) is 48.0 Å². The van der Waals surface area contributed by atoms with E-state index >= 15 is 0 Å². The maximum Gasteiger partial charge on any atom is 0.330 e. The van der Waals surface area contributed by atoms with Crippen LogP contribution < -0.4 is 14.9 Å². The van der Waals surface area contributed by atoms with Gasteiger partial charge in [-0.25, -0.2) is 4.79 Å². The standard InChI is InChI=1S/C42H46O24/c43-12-23-28(50)32(54)35(57)40(62-23)60-18-10-21(48)27-22(11-18)61-37(16-3-5-17(45)6-4-16)38(31(27)53)65-42-39(66-41-36(58)33(55)29(51)24(13-44)63-41)34(56)30(52)25(64-42)14-59-26(49)8-2-15-1-7-19(46)20(47)9-15/h1-11,23-25,28-30,32-36,39-48,50-52,54-58H,12-14H2/b8-2+/t23-,24-,25-,28-,29-,30-,32+,33+,34+,35-,36-,39-,40-,41+,42-/m1/s1. The zero-order chi connectivity index (χ0) is 47.7. The summed E-state index contributed by atoms with van der Waals surface area (Å²) < 4.78 is 45.6. The Kier molecular flexibility index (Phi) is 14.7. The number of ether oxygens (including phenoxy) is 7. The molecule has 3 saturated heterocycles. The number of fused-ring (bicyclic) bond motifs is 1. The third-order valence-corrected chi connectivity index (χ3v) is 11.0. The first-order chi connectivity index (χ1) is 31.4. The summed E-state index contributed by atoms with van der Waals surface area (Å²) in [5, 5.41) is 145. The van der Waals surface area contributed by atoms with Gasteiger partial charge < -0.3 is 109 Å². The number of hydrogen-bond donors (Lipinski definition) is 14. The van der Waals surface area contributed by atoms with Gasteiger partial charge in [-0.1, -0.05) is 6.07 Å². The molecule has 15 atom stereocenters. The number of carbonyl (C=O) groups is 1. The second-order valence-corrected chi connectivity index (χ2v) is 15.4. The number of esters is 1. The quantitative estimate of drug-likeness (QED) is 0.0355. The average Bonchev–Trinajstić information content (AvgIpc) is 3.29. The molecule has 0 spiro atoms. The molecule has 24 nitrogen and oxygen atoms in total. The van der Waals surface area contributed by atoms with Gasteiger partial charge in [-0.2, -0.15) is 0 Å². The average molecular weight is 935 g/mol. The van der Waals surface area contributed by atoms with Crippen LogP contribution in [0, 0.1) is 0 Å². The zero-order valence-corrected chi connectivity index (χ0v) is 34.0. The molecule has 0 amide bonds. The van der Waals surface area contributed by atoms with E-state index in [4.69, 9.17) is 37.6 Å². The molecule has 3 aliphatic rings. The largest absolute Gasteiger partial charge is 0.508 e. The van der Waals surface area contributed by atoms with Gasteiger partial charge in [-0.15, -0.1) is 0 Å². The molecule has 3 fully saturated rings. The Morgan fingerprint density at radius 2 is 1.23 bits per heavy atom. The van der Waals surface area contributed by atoms with E-state index in [-0.39, 0.29) is 22.6 Å². The van der Waals surface area contributed by atoms with Crippen molar-refractivity contribution in [2.24, 2.45) is 0 Å². The molecule has 3 aromatic carbocycles. The number of phenols is 4. The van der Waals surface area contributed by atoms with E-state index in [1.54, 1.807) is 0 Å². The fraction of sp³-hybridized carbons (Fsp3) is 0.429. The molecule has 24 heteroatoms. The van der Waals surface area contributed by atoms with Gasteiger partial charge in [0.2, 0.25) is 23.8 Å². The monoisotopic (exact) mass is 934 g/mol. The highest BCUT2D eigenvalue weighted by atomic mass is 16.8. The van der Waals surface area contributed by atoms with Crippen LogP contribution in [-0.4, -0.2) is 189 Å². The second-order valence-electron chi connectivity index (χ2n) is 15.4. The molecule has 4 heterocycles. The summed E-state index contributed by atoms with van der Waals surface area (Å²) in [6.45, 7) is -2.49. The fourth-order valence-electron chi connectivity index (χ4n) is 7.29. The van der Waals surface area contributed by atoms with Crippen molar-refractivity contribution in [3.63, 3.8) is 0 Å². The highest BCUT2D eigenvalue weighted by Crippen LogP contribution is 2.39. The Morgan fingerprint density at radius 3 is 1.86 bits per heavy atom. The van der Waals surface area contributed by atoms with Crippen molar-refractivity contribution in [1.82, 2.24) is 0 Å². The lowest BCUT2D eigenvalue weighted by Gasteiger charge is -2.45. The van der Waals surface area contributed by atoms with Crippen molar-refractivity contribution in [3.8, 4) is 45.8 Å². The molecular formula is C42H46O24. The predicted octanol–water partition coefficient (Wildman–Crippen LogP) is -3.27. The minimum atomic E-state index is -2.14. The summed E-state index contributed by atoms with van der Waals surface area (Å²) in [5.41, 5.74) is -1.27. The number of phenolic OH excluding ortho intramolecular Hbond substituents is 4. The Labute approximate surface area is 370 Å². The molecule has 0 aliphatic carbocycles. The molecule has 4 aromatic rings. The van der Waals surface area contributed by atoms with Crippen molar-refractivity contribution in [2.45, 2.75) is 92.1 Å². The van der Waals surface area contributed by atoms with E-state index < -0.39 is 163 Å². The number of carbonyl (C=O) groups excluding carboxylic acids is 1. The predicted molar refractivity (Wildman–Crippen MR) is 215 cm³/mol. The van der Waals surface area contributed by atoms with Gasteiger partial charge in [0.1, 0.15) is 102 Å². The van der Waals surface area contributed by atoms with Crippen molar-refractivity contribution in [3.05, 3.63) is 76.5 Å². The summed E-state index contributed by atoms with van der Waals surface area (Å²) in [7, 11) is 0. The van der Waals surface area contributed by atoms with Crippen molar-refractivity contribution in [2.75, 3.05) is 19.8 Å². The number of benzene rings is 3. The van der Waals surface area contributed by atoms with Crippen LogP contribution in [0.15, 0.2) is 69.9 Å². The summed E-state index contributed by atoms with van der Waals surface area (Å²) in [5.74, 6) is -4.56. The van der Waals surface area contributed by atoms with Gasteiger partial charge in [0.05, 0.1) is 13.2 Å². The van der Waals surface area contributed by atoms with Crippen LogP contribution in [0.25, 0.3) is 28.4 Å². The van der Waals surface area contributed by atoms with Crippen LogP contribution in [0.4, 0.5) is 0 Å². The molecule has 358 valence electrons. The third kappa shape index (κ3) is 9.87. The van der Waals surface area contributed by atoms with Crippen LogP contribution in [0.3, 0.4) is 0 Å². The molecule has 0 bridgehead atoms. The van der Waals surface area contributed by atoms with Crippen molar-refractivity contribution >= 4 is 23.0 Å². The van der Waals surface area contributed by atoms with Gasteiger partial charge >= 0.3 is 5.97 Å². The summed E-state index contributed by atoms with van der Waals surface area (Å²) >= 11 is 0. The molecule has 7 rings (SSSR count). The highest BCUT2D eigenvalue weighted by Gasteiger charge is 2.52. The molecule has 0 saturated carbocycles. The first kappa shape index (κ1) is 48.3. The third-order valence-electron chi connectivity index (χ3n) is 11.0. The Bertz CT molecular complexity index is 2420. The minimum Gasteiger partial charge on any atom is -0.508 e. The lowest BCUT2D eigenvalue weighted by atomic mass is 9.97. The van der Waals surface area contributed by atoms with Gasteiger partial charge in [0, 0.05) is 23.8 Å². The van der Waals surface area contributed by atoms with Crippen LogP contribution in [-0.2, 0) is 28.5 Å². The Hall–Kier alpha value is -5.68. The lowest BCUT2D eigenvalue weighted by molar-refractivity contribution is -0.358. The second kappa shape index (κ2) is 20.0. The van der Waals surface area contributed by atoms with Crippen molar-refractivity contribution in [1.29, 1.82) is 0 Å². The highest BCUT2D eigenvalue weighted by molar-refractivity contribution is 5.88. The smallest absolute Gasteiger partial charge is 0.330 e.